The molecule has 0 bridgehead atoms. The van der Waals surface area contributed by atoms with Crippen molar-refractivity contribution in [1.82, 2.24) is 5.32 Å². The third kappa shape index (κ3) is 4.49. The molecule has 1 aromatic carbocycles. The van der Waals surface area contributed by atoms with Gasteiger partial charge in [0.2, 0.25) is 0 Å². The molecule has 1 unspecified atom stereocenters. The number of carboxylic acids is 1. The fraction of sp³-hybridized carbons (Fsp3) is 0.533. The van der Waals surface area contributed by atoms with Crippen molar-refractivity contribution in [2.45, 2.75) is 45.1 Å². The maximum absolute atomic E-state index is 11.2. The van der Waals surface area contributed by atoms with Crippen molar-refractivity contribution >= 4 is 5.97 Å². The molecule has 1 atom stereocenters. The Hall–Kier alpha value is -1.35. The number of benzene rings is 1. The van der Waals surface area contributed by atoms with Crippen LogP contribution in [0.4, 0.5) is 0 Å². The lowest BCUT2D eigenvalue weighted by molar-refractivity contribution is -0.144. The molecule has 0 saturated carbocycles. The summed E-state index contributed by atoms with van der Waals surface area (Å²) >= 11 is 0. The van der Waals surface area contributed by atoms with Gasteiger partial charge in [-0.3, -0.25) is 4.79 Å². The molecule has 0 radical (unpaired) electrons. The number of hydrogen-bond donors (Lipinski definition) is 2. The van der Waals surface area contributed by atoms with Crippen molar-refractivity contribution in [3.8, 4) is 0 Å². The van der Waals surface area contributed by atoms with Crippen LogP contribution in [0, 0.1) is 0 Å². The van der Waals surface area contributed by atoms with E-state index in [-0.39, 0.29) is 0 Å². The van der Waals surface area contributed by atoms with Gasteiger partial charge in [-0.25, -0.2) is 0 Å². The van der Waals surface area contributed by atoms with Crippen LogP contribution in [0.5, 0.6) is 0 Å². The first kappa shape index (κ1) is 14.7. The Labute approximate surface area is 109 Å². The van der Waals surface area contributed by atoms with Crippen LogP contribution in [0.25, 0.3) is 0 Å². The molecule has 0 aliphatic carbocycles. The predicted molar refractivity (Wildman–Crippen MR) is 73.7 cm³/mol. The van der Waals surface area contributed by atoms with E-state index in [1.165, 1.54) is 5.56 Å². The monoisotopic (exact) mass is 249 g/mol. The van der Waals surface area contributed by atoms with Crippen LogP contribution in [-0.2, 0) is 11.2 Å². The van der Waals surface area contributed by atoms with Gasteiger partial charge >= 0.3 is 5.97 Å². The lowest BCUT2D eigenvalue weighted by atomic mass is 9.96. The number of nitrogens with one attached hydrogen (secondary N) is 1. The van der Waals surface area contributed by atoms with Gasteiger partial charge in [-0.15, -0.1) is 0 Å². The van der Waals surface area contributed by atoms with Crippen LogP contribution in [-0.4, -0.2) is 23.2 Å². The van der Waals surface area contributed by atoms with Crippen LogP contribution >= 0.6 is 0 Å². The number of carbonyl (C=O) groups is 1. The van der Waals surface area contributed by atoms with Crippen molar-refractivity contribution in [3.05, 3.63) is 35.9 Å². The molecule has 0 heterocycles. The first-order valence-electron chi connectivity index (χ1n) is 6.61. The zero-order valence-corrected chi connectivity index (χ0v) is 11.3. The van der Waals surface area contributed by atoms with Gasteiger partial charge in [0.1, 0.15) is 5.54 Å². The fourth-order valence-corrected chi connectivity index (χ4v) is 2.07. The SMILES string of the molecule is CCCC(C)(NCCCc1ccccc1)C(=O)O. The van der Waals surface area contributed by atoms with E-state index in [4.69, 9.17) is 0 Å². The summed E-state index contributed by atoms with van der Waals surface area (Å²) in [5.74, 6) is -0.760. The molecule has 1 aromatic rings. The summed E-state index contributed by atoms with van der Waals surface area (Å²) < 4.78 is 0. The summed E-state index contributed by atoms with van der Waals surface area (Å²) in [4.78, 5) is 11.2. The molecule has 3 heteroatoms. The standard InChI is InChI=1S/C15H23NO2/c1-3-11-15(2,14(17)18)16-12-7-10-13-8-5-4-6-9-13/h4-6,8-9,16H,3,7,10-12H2,1-2H3,(H,17,18). The minimum atomic E-state index is -0.786. The second kappa shape index (κ2) is 7.17. The zero-order valence-electron chi connectivity index (χ0n) is 11.3. The summed E-state index contributed by atoms with van der Waals surface area (Å²) in [7, 11) is 0. The molecule has 0 spiro atoms. The molecule has 0 aromatic heterocycles. The first-order valence-corrected chi connectivity index (χ1v) is 6.61. The minimum absolute atomic E-state index is 0.660. The lowest BCUT2D eigenvalue weighted by Gasteiger charge is -2.25. The van der Waals surface area contributed by atoms with Crippen molar-refractivity contribution in [2.24, 2.45) is 0 Å². The van der Waals surface area contributed by atoms with Gasteiger partial charge in [-0.1, -0.05) is 43.7 Å². The average molecular weight is 249 g/mol. The Morgan fingerprint density at radius 3 is 2.56 bits per heavy atom. The highest BCUT2D eigenvalue weighted by Gasteiger charge is 2.30. The summed E-state index contributed by atoms with van der Waals surface area (Å²) in [5.41, 5.74) is 0.512. The van der Waals surface area contributed by atoms with E-state index in [0.29, 0.717) is 6.42 Å². The van der Waals surface area contributed by atoms with Crippen molar-refractivity contribution in [1.29, 1.82) is 0 Å². The first-order chi connectivity index (χ1) is 8.58. The second-order valence-electron chi connectivity index (χ2n) is 4.90. The van der Waals surface area contributed by atoms with Crippen LogP contribution in [0.15, 0.2) is 30.3 Å². The summed E-state index contributed by atoms with van der Waals surface area (Å²) in [6.07, 6.45) is 3.47. The molecule has 2 N–H and O–H groups in total. The molecule has 18 heavy (non-hydrogen) atoms. The molecule has 0 amide bonds. The number of rotatable bonds is 8. The Kier molecular flexibility index (Phi) is 5.86. The average Bonchev–Trinajstić information content (AvgIpc) is 2.36. The van der Waals surface area contributed by atoms with Gasteiger partial charge in [-0.2, -0.15) is 0 Å². The van der Waals surface area contributed by atoms with E-state index in [2.05, 4.69) is 17.4 Å². The Balaban J connectivity index is 2.34. The van der Waals surface area contributed by atoms with E-state index < -0.39 is 11.5 Å². The van der Waals surface area contributed by atoms with E-state index in [1.807, 2.05) is 25.1 Å². The number of hydrogen-bond acceptors (Lipinski definition) is 2. The van der Waals surface area contributed by atoms with Crippen molar-refractivity contribution in [2.75, 3.05) is 6.54 Å². The van der Waals surface area contributed by atoms with Gasteiger partial charge < -0.3 is 10.4 Å². The highest BCUT2D eigenvalue weighted by Crippen LogP contribution is 2.12. The Bertz CT molecular complexity index is 364. The Morgan fingerprint density at radius 1 is 1.33 bits per heavy atom. The van der Waals surface area contributed by atoms with Crippen molar-refractivity contribution < 1.29 is 9.90 Å². The van der Waals surface area contributed by atoms with E-state index in [1.54, 1.807) is 6.92 Å². The number of carboxylic acid groups (broad SMARTS) is 1. The molecule has 0 aliphatic heterocycles. The minimum Gasteiger partial charge on any atom is -0.480 e. The lowest BCUT2D eigenvalue weighted by Crippen LogP contribution is -2.49. The number of aliphatic carboxylic acids is 1. The third-order valence-corrected chi connectivity index (χ3v) is 3.22. The summed E-state index contributed by atoms with van der Waals surface area (Å²) in [6, 6.07) is 10.3. The third-order valence-electron chi connectivity index (χ3n) is 3.22. The van der Waals surface area contributed by atoms with E-state index in [0.717, 1.165) is 25.8 Å². The van der Waals surface area contributed by atoms with Gasteiger partial charge in [0.25, 0.3) is 0 Å². The van der Waals surface area contributed by atoms with Gasteiger partial charge in [0.15, 0.2) is 0 Å². The van der Waals surface area contributed by atoms with E-state index >= 15 is 0 Å². The van der Waals surface area contributed by atoms with Crippen LogP contribution in [0.1, 0.15) is 38.7 Å². The highest BCUT2D eigenvalue weighted by molar-refractivity contribution is 5.78. The van der Waals surface area contributed by atoms with Gasteiger partial charge in [0.05, 0.1) is 0 Å². The highest BCUT2D eigenvalue weighted by atomic mass is 16.4. The molecular weight excluding hydrogens is 226 g/mol. The van der Waals surface area contributed by atoms with Crippen LogP contribution < -0.4 is 5.32 Å². The second-order valence-corrected chi connectivity index (χ2v) is 4.90. The van der Waals surface area contributed by atoms with Crippen LogP contribution in [0.3, 0.4) is 0 Å². The molecular formula is C15H23NO2. The molecule has 0 saturated heterocycles. The maximum Gasteiger partial charge on any atom is 0.323 e. The van der Waals surface area contributed by atoms with Crippen molar-refractivity contribution in [3.63, 3.8) is 0 Å². The summed E-state index contributed by atoms with van der Waals surface area (Å²) in [5, 5.41) is 12.4. The normalized spacial score (nSPS) is 14.1. The molecule has 3 nitrogen and oxygen atoms in total. The zero-order chi connectivity index (χ0) is 13.4. The number of aryl methyl sites for hydroxylation is 1. The molecule has 100 valence electrons. The molecule has 0 aliphatic rings. The largest absolute Gasteiger partial charge is 0.480 e. The van der Waals surface area contributed by atoms with Gasteiger partial charge in [-0.05, 0) is 38.3 Å². The topological polar surface area (TPSA) is 49.3 Å². The summed E-state index contributed by atoms with van der Waals surface area (Å²) in [6.45, 7) is 4.51. The quantitative estimate of drug-likeness (QED) is 0.696. The predicted octanol–water partition coefficient (Wildman–Crippen LogP) is 2.85. The molecule has 1 rings (SSSR count). The van der Waals surface area contributed by atoms with E-state index in [9.17, 15) is 9.90 Å². The maximum atomic E-state index is 11.2. The smallest absolute Gasteiger partial charge is 0.323 e. The van der Waals surface area contributed by atoms with Gasteiger partial charge in [0, 0.05) is 0 Å². The van der Waals surface area contributed by atoms with Crippen LogP contribution in [0.2, 0.25) is 0 Å². The fourth-order valence-electron chi connectivity index (χ4n) is 2.07. The Morgan fingerprint density at radius 2 is 2.00 bits per heavy atom. The molecule has 0 fully saturated rings.